The van der Waals surface area contributed by atoms with Crippen LogP contribution in [-0.4, -0.2) is 38.7 Å². The third-order valence-electron chi connectivity index (χ3n) is 5.27. The monoisotopic (exact) mass is 465 g/mol. The number of rotatable bonds is 7. The minimum Gasteiger partial charge on any atom is -0.308 e. The lowest BCUT2D eigenvalue weighted by molar-refractivity contribution is 0.593. The van der Waals surface area contributed by atoms with Crippen LogP contribution in [0.15, 0.2) is 42.6 Å². The number of H-pyrrole nitrogens is 1. The molecule has 0 amide bonds. The fourth-order valence-electron chi connectivity index (χ4n) is 3.58. The average Bonchev–Trinajstić information content (AvgIpc) is 3.36. The SMILES string of the molecule is C/C=C(/NS(=O)(=O)CC)c1ccc(-c2cc3nc(C)cn3c(Nc3cc(C)[nH]n3)n2)cc1C. The summed E-state index contributed by atoms with van der Waals surface area (Å²) in [6.45, 7) is 9.24. The Labute approximate surface area is 193 Å². The molecule has 0 bridgehead atoms. The van der Waals surface area contributed by atoms with Crippen molar-refractivity contribution in [1.82, 2.24) is 29.3 Å². The Bertz CT molecular complexity index is 1470. The van der Waals surface area contributed by atoms with Gasteiger partial charge in [0.05, 0.1) is 22.8 Å². The lowest BCUT2D eigenvalue weighted by Crippen LogP contribution is -2.24. The van der Waals surface area contributed by atoms with Crippen LogP contribution in [-0.2, 0) is 10.0 Å². The van der Waals surface area contributed by atoms with Crippen LogP contribution >= 0.6 is 0 Å². The molecule has 0 aliphatic rings. The Morgan fingerprint density at radius 1 is 1.15 bits per heavy atom. The summed E-state index contributed by atoms with van der Waals surface area (Å²) in [4.78, 5) is 9.44. The molecule has 4 aromatic rings. The smallest absolute Gasteiger partial charge is 0.232 e. The number of aromatic nitrogens is 5. The highest BCUT2D eigenvalue weighted by Gasteiger charge is 2.15. The van der Waals surface area contributed by atoms with E-state index in [1.165, 1.54) is 0 Å². The van der Waals surface area contributed by atoms with Crippen LogP contribution in [0.3, 0.4) is 0 Å². The molecular weight excluding hydrogens is 438 g/mol. The fraction of sp³-hybridized carbons (Fsp3) is 0.261. The van der Waals surface area contributed by atoms with E-state index >= 15 is 0 Å². The molecule has 3 heterocycles. The first-order valence-corrected chi connectivity index (χ1v) is 12.3. The molecule has 0 atom stereocenters. The Morgan fingerprint density at radius 3 is 2.58 bits per heavy atom. The third-order valence-corrected chi connectivity index (χ3v) is 6.56. The third kappa shape index (κ3) is 4.75. The van der Waals surface area contributed by atoms with Crippen LogP contribution in [0.25, 0.3) is 22.6 Å². The summed E-state index contributed by atoms with van der Waals surface area (Å²) in [5.41, 5.74) is 6.53. The first-order valence-electron chi connectivity index (χ1n) is 10.6. The molecule has 3 N–H and O–H groups in total. The molecule has 3 aromatic heterocycles. The minimum absolute atomic E-state index is 0.0143. The summed E-state index contributed by atoms with van der Waals surface area (Å²) in [6.07, 6.45) is 3.68. The van der Waals surface area contributed by atoms with E-state index in [0.717, 1.165) is 39.4 Å². The summed E-state index contributed by atoms with van der Waals surface area (Å²) in [6, 6.07) is 9.67. The van der Waals surface area contributed by atoms with Gasteiger partial charge in [0.1, 0.15) is 5.65 Å². The van der Waals surface area contributed by atoms with Crippen LogP contribution in [0.5, 0.6) is 0 Å². The van der Waals surface area contributed by atoms with Crippen LogP contribution in [0.1, 0.15) is 36.4 Å². The number of aryl methyl sites for hydroxylation is 3. The number of imidazole rings is 1. The van der Waals surface area contributed by atoms with Gasteiger partial charge in [0.25, 0.3) is 0 Å². The van der Waals surface area contributed by atoms with Crippen LogP contribution < -0.4 is 10.0 Å². The average molecular weight is 466 g/mol. The largest absolute Gasteiger partial charge is 0.308 e. The standard InChI is InChI=1S/C23H27N7O2S/c1-6-19(29-33(31,32)7-2)18-9-8-17(10-14(18)3)20-12-22-24-16(5)13-30(22)23(25-20)26-21-11-15(4)27-28-21/h6,8-13,29H,7H2,1-5H3,(H2,25,26,27,28)/b19-6+. The molecule has 0 saturated heterocycles. The number of benzene rings is 1. The van der Waals surface area contributed by atoms with Crippen molar-refractivity contribution in [3.8, 4) is 11.3 Å². The molecule has 0 aliphatic heterocycles. The zero-order chi connectivity index (χ0) is 23.8. The van der Waals surface area contributed by atoms with E-state index in [1.54, 1.807) is 13.0 Å². The molecule has 0 saturated carbocycles. The number of anilines is 2. The van der Waals surface area contributed by atoms with Gasteiger partial charge < -0.3 is 5.32 Å². The number of sulfonamides is 1. The molecule has 0 aliphatic carbocycles. The maximum atomic E-state index is 12.1. The highest BCUT2D eigenvalue weighted by Crippen LogP contribution is 2.27. The number of allylic oxidation sites excluding steroid dienone is 1. The van der Waals surface area contributed by atoms with Gasteiger partial charge >= 0.3 is 0 Å². The Kier molecular flexibility index (Phi) is 5.94. The normalized spacial score (nSPS) is 12.3. The maximum Gasteiger partial charge on any atom is 0.232 e. The summed E-state index contributed by atoms with van der Waals surface area (Å²) in [5, 5.41) is 10.4. The topological polar surface area (TPSA) is 117 Å². The van der Waals surface area contributed by atoms with Crippen molar-refractivity contribution >= 4 is 33.1 Å². The van der Waals surface area contributed by atoms with Gasteiger partial charge in [-0.1, -0.05) is 18.2 Å². The van der Waals surface area contributed by atoms with E-state index in [1.807, 2.05) is 68.6 Å². The summed E-state index contributed by atoms with van der Waals surface area (Å²) >= 11 is 0. The molecule has 0 fully saturated rings. The van der Waals surface area contributed by atoms with E-state index in [4.69, 9.17) is 4.98 Å². The summed E-state index contributed by atoms with van der Waals surface area (Å²) in [5.74, 6) is 1.28. The first kappa shape index (κ1) is 22.5. The fourth-order valence-corrected chi connectivity index (χ4v) is 4.28. The molecule has 4 rings (SSSR count). The molecule has 172 valence electrons. The zero-order valence-corrected chi connectivity index (χ0v) is 20.1. The molecule has 10 heteroatoms. The molecule has 1 aromatic carbocycles. The second kappa shape index (κ2) is 8.70. The maximum absolute atomic E-state index is 12.1. The van der Waals surface area contributed by atoms with Crippen molar-refractivity contribution in [2.24, 2.45) is 0 Å². The van der Waals surface area contributed by atoms with Crippen molar-refractivity contribution < 1.29 is 8.42 Å². The zero-order valence-electron chi connectivity index (χ0n) is 19.3. The lowest BCUT2D eigenvalue weighted by atomic mass is 10.0. The number of aromatic amines is 1. The number of nitrogens with zero attached hydrogens (tertiary/aromatic N) is 4. The number of hydrogen-bond acceptors (Lipinski definition) is 6. The van der Waals surface area contributed by atoms with Gasteiger partial charge in [-0.05, 0) is 46.2 Å². The molecule has 33 heavy (non-hydrogen) atoms. The van der Waals surface area contributed by atoms with Gasteiger partial charge in [-0.25, -0.2) is 18.4 Å². The Morgan fingerprint density at radius 2 is 1.94 bits per heavy atom. The lowest BCUT2D eigenvalue weighted by Gasteiger charge is -2.15. The number of nitrogens with one attached hydrogen (secondary N) is 3. The predicted octanol–water partition coefficient (Wildman–Crippen LogP) is 4.09. The van der Waals surface area contributed by atoms with Gasteiger partial charge in [0.15, 0.2) is 5.82 Å². The van der Waals surface area contributed by atoms with Gasteiger partial charge in [-0.3, -0.25) is 14.2 Å². The first-order chi connectivity index (χ1) is 15.7. The van der Waals surface area contributed by atoms with E-state index in [2.05, 4.69) is 25.2 Å². The van der Waals surface area contributed by atoms with E-state index in [9.17, 15) is 8.42 Å². The second-order valence-corrected chi connectivity index (χ2v) is 9.89. The van der Waals surface area contributed by atoms with Crippen molar-refractivity contribution in [2.75, 3.05) is 11.1 Å². The van der Waals surface area contributed by atoms with Crippen molar-refractivity contribution in [2.45, 2.75) is 34.6 Å². The number of fused-ring (bicyclic) bond motifs is 1. The number of hydrogen-bond donors (Lipinski definition) is 3. The second-order valence-electron chi connectivity index (χ2n) is 7.87. The van der Waals surface area contributed by atoms with Crippen molar-refractivity contribution in [3.05, 3.63) is 65.1 Å². The van der Waals surface area contributed by atoms with Crippen LogP contribution in [0, 0.1) is 20.8 Å². The van der Waals surface area contributed by atoms with Gasteiger partial charge in [0.2, 0.25) is 16.0 Å². The van der Waals surface area contributed by atoms with Crippen molar-refractivity contribution in [1.29, 1.82) is 0 Å². The molecule has 0 unspecified atom stereocenters. The quantitative estimate of drug-likeness (QED) is 0.378. The van der Waals surface area contributed by atoms with Gasteiger partial charge in [-0.15, -0.1) is 0 Å². The van der Waals surface area contributed by atoms with Gasteiger partial charge in [-0.2, -0.15) is 5.10 Å². The van der Waals surface area contributed by atoms with Crippen molar-refractivity contribution in [3.63, 3.8) is 0 Å². The summed E-state index contributed by atoms with van der Waals surface area (Å²) in [7, 11) is -3.37. The van der Waals surface area contributed by atoms with E-state index in [0.29, 0.717) is 17.5 Å². The van der Waals surface area contributed by atoms with E-state index < -0.39 is 10.0 Å². The highest BCUT2D eigenvalue weighted by molar-refractivity contribution is 7.89. The minimum atomic E-state index is -3.37. The Balaban J connectivity index is 1.75. The van der Waals surface area contributed by atoms with E-state index in [-0.39, 0.29) is 5.75 Å². The summed E-state index contributed by atoms with van der Waals surface area (Å²) < 4.78 is 28.7. The Hall–Kier alpha value is -3.66. The molecule has 0 radical (unpaired) electrons. The molecule has 0 spiro atoms. The van der Waals surface area contributed by atoms with Crippen LogP contribution in [0.4, 0.5) is 11.8 Å². The molecular formula is C23H27N7O2S. The van der Waals surface area contributed by atoms with Crippen LogP contribution in [0.2, 0.25) is 0 Å². The molecule has 9 nitrogen and oxygen atoms in total. The van der Waals surface area contributed by atoms with Gasteiger partial charge in [0, 0.05) is 35.2 Å². The highest BCUT2D eigenvalue weighted by atomic mass is 32.2. The predicted molar refractivity (Wildman–Crippen MR) is 131 cm³/mol.